The molecule has 0 fully saturated rings. The standard InChI is InChI=1S/C16H14F3NO.C4H6O6/c1-11(21)20-10-12-2-4-13(5-3-12)14-6-8-15(9-7-14)16(17,18)19;5-1(3(7)8)2(6)4(9)10/h2-9H,10H2,1H3,(H,20,21);1-2,5-6H,(H,7,8)(H,9,10). The van der Waals surface area contributed by atoms with Gasteiger partial charge in [-0.25, -0.2) is 9.59 Å². The molecule has 0 bridgehead atoms. The number of aliphatic hydroxyl groups excluding tert-OH is 2. The summed E-state index contributed by atoms with van der Waals surface area (Å²) in [6.45, 7) is 1.87. The summed E-state index contributed by atoms with van der Waals surface area (Å²) in [6.07, 6.45) is -8.85. The minimum absolute atomic E-state index is 0.109. The topological polar surface area (TPSA) is 144 Å². The molecule has 0 spiro atoms. The van der Waals surface area contributed by atoms with Crippen molar-refractivity contribution in [3.63, 3.8) is 0 Å². The van der Waals surface area contributed by atoms with Gasteiger partial charge >= 0.3 is 18.1 Å². The fraction of sp³-hybridized carbons (Fsp3) is 0.250. The number of benzene rings is 2. The second-order valence-electron chi connectivity index (χ2n) is 6.25. The van der Waals surface area contributed by atoms with Crippen LogP contribution in [0, 0.1) is 0 Å². The van der Waals surface area contributed by atoms with Gasteiger partial charge in [0.05, 0.1) is 5.56 Å². The number of carbonyl (C=O) groups excluding carboxylic acids is 1. The van der Waals surface area contributed by atoms with E-state index >= 15 is 0 Å². The zero-order valence-electron chi connectivity index (χ0n) is 16.1. The number of aliphatic hydroxyl groups is 2. The summed E-state index contributed by atoms with van der Waals surface area (Å²) in [5, 5.41) is 35.2. The van der Waals surface area contributed by atoms with E-state index < -0.39 is 35.9 Å². The van der Waals surface area contributed by atoms with Crippen molar-refractivity contribution in [2.45, 2.75) is 31.9 Å². The van der Waals surface area contributed by atoms with Crippen LogP contribution < -0.4 is 5.32 Å². The van der Waals surface area contributed by atoms with Crippen LogP contribution in [0.1, 0.15) is 18.1 Å². The highest BCUT2D eigenvalue weighted by atomic mass is 19.4. The number of hydrogen-bond donors (Lipinski definition) is 5. The molecular weight excluding hydrogens is 423 g/mol. The van der Waals surface area contributed by atoms with Gasteiger partial charge in [-0.2, -0.15) is 13.2 Å². The van der Waals surface area contributed by atoms with Crippen molar-refractivity contribution in [2.24, 2.45) is 0 Å². The lowest BCUT2D eigenvalue weighted by atomic mass is 10.0. The van der Waals surface area contributed by atoms with Crippen LogP contribution in [0.2, 0.25) is 0 Å². The highest BCUT2D eigenvalue weighted by molar-refractivity contribution is 5.83. The summed E-state index contributed by atoms with van der Waals surface area (Å²) in [6, 6.07) is 12.4. The number of halogens is 3. The fourth-order valence-corrected chi connectivity index (χ4v) is 2.16. The van der Waals surface area contributed by atoms with Gasteiger partial charge < -0.3 is 25.7 Å². The maximum absolute atomic E-state index is 12.5. The Morgan fingerprint density at radius 1 is 0.839 bits per heavy atom. The van der Waals surface area contributed by atoms with Gasteiger partial charge in [-0.15, -0.1) is 0 Å². The first-order chi connectivity index (χ1) is 14.3. The number of amides is 1. The van der Waals surface area contributed by atoms with Crippen molar-refractivity contribution in [3.8, 4) is 11.1 Å². The van der Waals surface area contributed by atoms with E-state index in [0.717, 1.165) is 23.3 Å². The fourth-order valence-electron chi connectivity index (χ4n) is 2.16. The van der Waals surface area contributed by atoms with Crippen LogP contribution in [-0.4, -0.2) is 50.5 Å². The Kier molecular flexibility index (Phi) is 9.15. The highest BCUT2D eigenvalue weighted by Crippen LogP contribution is 2.31. The first-order valence-corrected chi connectivity index (χ1v) is 8.65. The molecule has 0 heterocycles. The molecular formula is C20H20F3NO7. The van der Waals surface area contributed by atoms with E-state index in [-0.39, 0.29) is 5.91 Å². The number of aliphatic carboxylic acids is 2. The molecule has 168 valence electrons. The molecule has 0 aliphatic carbocycles. The summed E-state index contributed by atoms with van der Waals surface area (Å²) < 4.78 is 37.5. The number of carboxylic acid groups (broad SMARTS) is 2. The molecule has 8 nitrogen and oxygen atoms in total. The zero-order chi connectivity index (χ0) is 23.8. The Labute approximate surface area is 174 Å². The number of carboxylic acids is 2. The number of hydrogen-bond acceptors (Lipinski definition) is 5. The Morgan fingerprint density at radius 2 is 1.23 bits per heavy atom. The van der Waals surface area contributed by atoms with Crippen LogP contribution in [0.5, 0.6) is 0 Å². The molecule has 0 radical (unpaired) electrons. The van der Waals surface area contributed by atoms with E-state index in [1.807, 2.05) is 24.3 Å². The van der Waals surface area contributed by atoms with Crippen LogP contribution in [-0.2, 0) is 27.1 Å². The minimum Gasteiger partial charge on any atom is -0.479 e. The molecule has 11 heteroatoms. The minimum atomic E-state index is -4.32. The van der Waals surface area contributed by atoms with E-state index in [2.05, 4.69) is 5.32 Å². The first kappa shape index (κ1) is 25.6. The first-order valence-electron chi connectivity index (χ1n) is 8.65. The Bertz CT molecular complexity index is 878. The van der Waals surface area contributed by atoms with Crippen LogP contribution in [0.15, 0.2) is 48.5 Å². The van der Waals surface area contributed by atoms with Crippen molar-refractivity contribution in [3.05, 3.63) is 59.7 Å². The lowest BCUT2D eigenvalue weighted by molar-refractivity contribution is -0.165. The van der Waals surface area contributed by atoms with Gasteiger partial charge in [0, 0.05) is 13.5 Å². The average molecular weight is 443 g/mol. The van der Waals surface area contributed by atoms with Crippen LogP contribution >= 0.6 is 0 Å². The maximum Gasteiger partial charge on any atom is 0.416 e. The summed E-state index contributed by atoms with van der Waals surface area (Å²) in [5.41, 5.74) is 1.82. The molecule has 0 aliphatic rings. The third-order valence-corrected chi connectivity index (χ3v) is 3.85. The lowest BCUT2D eigenvalue weighted by Gasteiger charge is -2.08. The highest BCUT2D eigenvalue weighted by Gasteiger charge is 2.30. The Morgan fingerprint density at radius 3 is 1.55 bits per heavy atom. The number of rotatable bonds is 6. The third-order valence-electron chi connectivity index (χ3n) is 3.85. The molecule has 0 saturated heterocycles. The van der Waals surface area contributed by atoms with Crippen molar-refractivity contribution in [1.82, 2.24) is 5.32 Å². The van der Waals surface area contributed by atoms with Gasteiger partial charge in [-0.3, -0.25) is 4.79 Å². The van der Waals surface area contributed by atoms with E-state index in [1.165, 1.54) is 19.1 Å². The number of alkyl halides is 3. The molecule has 0 aromatic heterocycles. The van der Waals surface area contributed by atoms with Crippen molar-refractivity contribution < 1.29 is 48.0 Å². The smallest absolute Gasteiger partial charge is 0.416 e. The molecule has 2 rings (SSSR count). The number of carbonyl (C=O) groups is 3. The molecule has 2 unspecified atom stereocenters. The second-order valence-corrected chi connectivity index (χ2v) is 6.25. The second kappa shape index (κ2) is 11.1. The molecule has 0 saturated carbocycles. The van der Waals surface area contributed by atoms with Crippen LogP contribution in [0.4, 0.5) is 13.2 Å². The predicted octanol–water partition coefficient (Wildman–Crippen LogP) is 1.89. The van der Waals surface area contributed by atoms with Gasteiger partial charge in [0.1, 0.15) is 0 Å². The Hall–Kier alpha value is -3.44. The van der Waals surface area contributed by atoms with Crippen molar-refractivity contribution in [1.29, 1.82) is 0 Å². The Balaban J connectivity index is 0.000000407. The van der Waals surface area contributed by atoms with E-state index in [0.29, 0.717) is 12.1 Å². The molecule has 0 aliphatic heterocycles. The zero-order valence-corrected chi connectivity index (χ0v) is 16.1. The monoisotopic (exact) mass is 443 g/mol. The summed E-state index contributed by atoms with van der Waals surface area (Å²) >= 11 is 0. The maximum atomic E-state index is 12.5. The lowest BCUT2D eigenvalue weighted by Crippen LogP contribution is -2.39. The number of nitrogens with one attached hydrogen (secondary N) is 1. The third kappa shape index (κ3) is 8.44. The SMILES string of the molecule is CC(=O)NCc1ccc(-c2ccc(C(F)(F)F)cc2)cc1.O=C(O)C(O)C(O)C(=O)O. The quantitative estimate of drug-likeness (QED) is 0.459. The van der Waals surface area contributed by atoms with Gasteiger partial charge in [0.15, 0.2) is 12.2 Å². The van der Waals surface area contributed by atoms with Crippen molar-refractivity contribution in [2.75, 3.05) is 0 Å². The summed E-state index contributed by atoms with van der Waals surface area (Å²) in [7, 11) is 0. The van der Waals surface area contributed by atoms with Gasteiger partial charge in [-0.05, 0) is 28.8 Å². The van der Waals surface area contributed by atoms with Crippen LogP contribution in [0.3, 0.4) is 0 Å². The molecule has 2 aromatic carbocycles. The van der Waals surface area contributed by atoms with Gasteiger partial charge in [-0.1, -0.05) is 36.4 Å². The summed E-state index contributed by atoms with van der Waals surface area (Å²) in [4.78, 5) is 30.4. The molecule has 2 aromatic rings. The van der Waals surface area contributed by atoms with Crippen LogP contribution in [0.25, 0.3) is 11.1 Å². The van der Waals surface area contributed by atoms with Gasteiger partial charge in [0.25, 0.3) is 0 Å². The average Bonchev–Trinajstić information content (AvgIpc) is 2.71. The molecule has 31 heavy (non-hydrogen) atoms. The molecule has 1 amide bonds. The van der Waals surface area contributed by atoms with E-state index in [1.54, 1.807) is 0 Å². The largest absolute Gasteiger partial charge is 0.479 e. The predicted molar refractivity (Wildman–Crippen MR) is 102 cm³/mol. The molecule has 2 atom stereocenters. The van der Waals surface area contributed by atoms with E-state index in [4.69, 9.17) is 20.4 Å². The molecule has 5 N–H and O–H groups in total. The van der Waals surface area contributed by atoms with Gasteiger partial charge in [0.2, 0.25) is 5.91 Å². The van der Waals surface area contributed by atoms with E-state index in [9.17, 15) is 27.6 Å². The van der Waals surface area contributed by atoms with Crippen molar-refractivity contribution >= 4 is 17.8 Å². The summed E-state index contributed by atoms with van der Waals surface area (Å²) in [5.74, 6) is -3.65. The normalized spacial score (nSPS) is 12.7.